The number of carbonyl (C=O) groups excluding carboxylic acids is 1. The van der Waals surface area contributed by atoms with Crippen molar-refractivity contribution in [3.63, 3.8) is 0 Å². The molecule has 4 nitrogen and oxygen atoms in total. The quantitative estimate of drug-likeness (QED) is 0.866. The van der Waals surface area contributed by atoms with Gasteiger partial charge in [-0.25, -0.2) is 0 Å². The molecule has 0 saturated carbocycles. The highest BCUT2D eigenvalue weighted by molar-refractivity contribution is 7.81. The van der Waals surface area contributed by atoms with Crippen molar-refractivity contribution in [2.75, 3.05) is 11.4 Å². The van der Waals surface area contributed by atoms with Gasteiger partial charge in [0.25, 0.3) is 0 Å². The van der Waals surface area contributed by atoms with Gasteiger partial charge in [0.2, 0.25) is 11.8 Å². The van der Waals surface area contributed by atoms with Crippen LogP contribution in [0.25, 0.3) is 11.3 Å². The van der Waals surface area contributed by atoms with E-state index in [9.17, 15) is 4.79 Å². The molecule has 98 valence electrons. The van der Waals surface area contributed by atoms with E-state index in [1.54, 1.807) is 17.0 Å². The first kappa shape index (κ1) is 12.6. The third kappa shape index (κ3) is 2.35. The standard InChI is InChI=1S/C13H11ClN2O2S/c14-10-4-2-1-3-9(10)11-6-13(18-15-11)16-7-8(19)5-12(16)17/h1-4,6,8,19H,5,7H2. The minimum atomic E-state index is 0.00172. The second-order valence-electron chi connectivity index (χ2n) is 4.39. The maximum Gasteiger partial charge on any atom is 0.234 e. The topological polar surface area (TPSA) is 46.3 Å². The summed E-state index contributed by atoms with van der Waals surface area (Å²) < 4.78 is 5.24. The highest BCUT2D eigenvalue weighted by atomic mass is 35.5. The number of hydrogen-bond acceptors (Lipinski definition) is 4. The summed E-state index contributed by atoms with van der Waals surface area (Å²) in [6, 6.07) is 9.10. The molecule has 2 aromatic rings. The Morgan fingerprint density at radius 3 is 2.89 bits per heavy atom. The smallest absolute Gasteiger partial charge is 0.234 e. The molecule has 1 fully saturated rings. The van der Waals surface area contributed by atoms with Crippen LogP contribution in [0.15, 0.2) is 34.9 Å². The number of aromatic nitrogens is 1. The summed E-state index contributed by atoms with van der Waals surface area (Å²) in [5.41, 5.74) is 1.41. The summed E-state index contributed by atoms with van der Waals surface area (Å²) in [5, 5.41) is 4.62. The lowest BCUT2D eigenvalue weighted by molar-refractivity contribution is -0.117. The van der Waals surface area contributed by atoms with E-state index in [1.165, 1.54) is 0 Å². The number of carbonyl (C=O) groups is 1. The van der Waals surface area contributed by atoms with Crippen molar-refractivity contribution in [3.8, 4) is 11.3 Å². The Kier molecular flexibility index (Phi) is 3.24. The molecular weight excluding hydrogens is 284 g/mol. The normalized spacial score (nSPS) is 19.2. The fourth-order valence-corrected chi connectivity index (χ4v) is 2.64. The lowest BCUT2D eigenvalue weighted by atomic mass is 10.1. The Morgan fingerprint density at radius 1 is 1.42 bits per heavy atom. The zero-order chi connectivity index (χ0) is 13.4. The Labute approximate surface area is 120 Å². The van der Waals surface area contributed by atoms with Gasteiger partial charge in [0.05, 0.1) is 5.02 Å². The first-order valence-corrected chi connectivity index (χ1v) is 6.74. The van der Waals surface area contributed by atoms with Gasteiger partial charge in [0.15, 0.2) is 0 Å². The molecule has 0 aliphatic carbocycles. The molecule has 1 aliphatic heterocycles. The van der Waals surface area contributed by atoms with Crippen molar-refractivity contribution in [1.82, 2.24) is 5.16 Å². The fraction of sp³-hybridized carbons (Fsp3) is 0.231. The van der Waals surface area contributed by atoms with Crippen LogP contribution in [-0.4, -0.2) is 22.9 Å². The first-order chi connectivity index (χ1) is 9.15. The van der Waals surface area contributed by atoms with Crippen molar-refractivity contribution in [1.29, 1.82) is 0 Å². The zero-order valence-corrected chi connectivity index (χ0v) is 11.6. The average molecular weight is 295 g/mol. The van der Waals surface area contributed by atoms with E-state index in [0.717, 1.165) is 5.56 Å². The number of halogens is 1. The van der Waals surface area contributed by atoms with Gasteiger partial charge < -0.3 is 4.52 Å². The van der Waals surface area contributed by atoms with Crippen molar-refractivity contribution in [3.05, 3.63) is 35.4 Å². The molecule has 1 aromatic heterocycles. The Balaban J connectivity index is 1.92. The van der Waals surface area contributed by atoms with E-state index >= 15 is 0 Å². The van der Waals surface area contributed by atoms with Crippen molar-refractivity contribution >= 4 is 36.0 Å². The van der Waals surface area contributed by atoms with Crippen LogP contribution in [-0.2, 0) is 4.79 Å². The van der Waals surface area contributed by atoms with E-state index in [4.69, 9.17) is 16.1 Å². The van der Waals surface area contributed by atoms with Crippen molar-refractivity contribution in [2.24, 2.45) is 0 Å². The van der Waals surface area contributed by atoms with Gasteiger partial charge >= 0.3 is 0 Å². The second-order valence-corrected chi connectivity index (χ2v) is 5.53. The van der Waals surface area contributed by atoms with Gasteiger partial charge in [-0.05, 0) is 6.07 Å². The fourth-order valence-electron chi connectivity index (χ4n) is 2.09. The summed E-state index contributed by atoms with van der Waals surface area (Å²) >= 11 is 10.4. The first-order valence-electron chi connectivity index (χ1n) is 5.85. The number of nitrogens with zero attached hydrogens (tertiary/aromatic N) is 2. The molecule has 1 saturated heterocycles. The number of anilines is 1. The number of benzene rings is 1. The third-order valence-corrected chi connectivity index (χ3v) is 3.69. The van der Waals surface area contributed by atoms with Crippen LogP contribution in [0.4, 0.5) is 5.88 Å². The molecule has 0 spiro atoms. The molecule has 1 amide bonds. The van der Waals surface area contributed by atoms with Gasteiger partial charge in [-0.3, -0.25) is 9.69 Å². The number of amides is 1. The van der Waals surface area contributed by atoms with Crippen LogP contribution in [0.3, 0.4) is 0 Å². The Morgan fingerprint density at radius 2 is 2.21 bits per heavy atom. The van der Waals surface area contributed by atoms with E-state index in [2.05, 4.69) is 17.8 Å². The number of hydrogen-bond donors (Lipinski definition) is 1. The molecule has 0 bridgehead atoms. The molecule has 1 aliphatic rings. The largest absolute Gasteiger partial charge is 0.338 e. The molecule has 1 aromatic carbocycles. The predicted octanol–water partition coefficient (Wildman–Crippen LogP) is 3.03. The Hall–Kier alpha value is -1.46. The van der Waals surface area contributed by atoms with E-state index in [0.29, 0.717) is 29.6 Å². The zero-order valence-electron chi connectivity index (χ0n) is 9.91. The SMILES string of the molecule is O=C1CC(S)CN1c1cc(-c2ccccc2Cl)no1. The molecule has 19 heavy (non-hydrogen) atoms. The van der Waals surface area contributed by atoms with Crippen molar-refractivity contribution < 1.29 is 9.32 Å². The van der Waals surface area contributed by atoms with E-state index in [-0.39, 0.29) is 11.2 Å². The monoisotopic (exact) mass is 294 g/mol. The molecule has 1 unspecified atom stereocenters. The summed E-state index contributed by atoms with van der Waals surface area (Å²) in [6.45, 7) is 0.541. The van der Waals surface area contributed by atoms with Crippen LogP contribution >= 0.6 is 24.2 Å². The van der Waals surface area contributed by atoms with Gasteiger partial charge in [-0.15, -0.1) is 0 Å². The minimum Gasteiger partial charge on any atom is -0.338 e. The molecule has 6 heteroatoms. The molecule has 3 rings (SSSR count). The maximum atomic E-state index is 11.8. The molecular formula is C13H11ClN2O2S. The summed E-state index contributed by atoms with van der Waals surface area (Å²) in [4.78, 5) is 13.3. The number of thiol groups is 1. The van der Waals surface area contributed by atoms with Crippen LogP contribution in [0.5, 0.6) is 0 Å². The van der Waals surface area contributed by atoms with E-state index < -0.39 is 0 Å². The second kappa shape index (κ2) is 4.90. The maximum absolute atomic E-state index is 11.8. The van der Waals surface area contributed by atoms with Crippen LogP contribution in [0.1, 0.15) is 6.42 Å². The molecule has 0 N–H and O–H groups in total. The van der Waals surface area contributed by atoms with Gasteiger partial charge in [0.1, 0.15) is 5.69 Å². The predicted molar refractivity (Wildman–Crippen MR) is 76.7 cm³/mol. The molecule has 0 radical (unpaired) electrons. The van der Waals surface area contributed by atoms with E-state index in [1.807, 2.05) is 18.2 Å². The average Bonchev–Trinajstić information content (AvgIpc) is 2.96. The van der Waals surface area contributed by atoms with Gasteiger partial charge in [0, 0.05) is 29.8 Å². The molecule has 1 atom stereocenters. The van der Waals surface area contributed by atoms with Crippen LogP contribution < -0.4 is 4.90 Å². The number of rotatable bonds is 2. The van der Waals surface area contributed by atoms with Crippen LogP contribution in [0.2, 0.25) is 5.02 Å². The Bertz CT molecular complexity index is 629. The van der Waals surface area contributed by atoms with Crippen LogP contribution in [0, 0.1) is 0 Å². The van der Waals surface area contributed by atoms with Crippen molar-refractivity contribution in [2.45, 2.75) is 11.7 Å². The van der Waals surface area contributed by atoms with Gasteiger partial charge in [-0.1, -0.05) is 35.0 Å². The third-order valence-electron chi connectivity index (χ3n) is 3.02. The molecule has 2 heterocycles. The summed E-state index contributed by atoms with van der Waals surface area (Å²) in [7, 11) is 0. The van der Waals surface area contributed by atoms with Gasteiger partial charge in [-0.2, -0.15) is 12.6 Å². The lowest BCUT2D eigenvalue weighted by Crippen LogP contribution is -2.23. The lowest BCUT2D eigenvalue weighted by Gasteiger charge is -2.09. The minimum absolute atomic E-state index is 0.00172. The highest BCUT2D eigenvalue weighted by Crippen LogP contribution is 2.31. The summed E-state index contributed by atoms with van der Waals surface area (Å²) in [6.07, 6.45) is 0.422. The highest BCUT2D eigenvalue weighted by Gasteiger charge is 2.31. The summed E-state index contributed by atoms with van der Waals surface area (Å²) in [5.74, 6) is 0.443.